The number of hydrogen-bond donors (Lipinski definition) is 1. The van der Waals surface area contributed by atoms with Crippen molar-refractivity contribution in [2.45, 2.75) is 46.1 Å². The van der Waals surface area contributed by atoms with Gasteiger partial charge in [-0.25, -0.2) is 4.79 Å². The lowest BCUT2D eigenvalue weighted by molar-refractivity contribution is -0.137. The molecule has 0 bridgehead atoms. The predicted octanol–water partition coefficient (Wildman–Crippen LogP) is 4.31. The maximum Gasteiger partial charge on any atom is 0.423 e. The van der Waals surface area contributed by atoms with Gasteiger partial charge in [-0.15, -0.1) is 0 Å². The first-order chi connectivity index (χ1) is 15.7. The molecule has 1 aromatic carbocycles. The summed E-state index contributed by atoms with van der Waals surface area (Å²) in [4.78, 5) is 38.8. The van der Waals surface area contributed by atoms with Crippen molar-refractivity contribution >= 4 is 24.0 Å². The Hall–Kier alpha value is -2.93. The smallest absolute Gasteiger partial charge is 0.423 e. The van der Waals surface area contributed by atoms with Crippen LogP contribution in [0.1, 0.15) is 45.6 Å². The van der Waals surface area contributed by atoms with Crippen molar-refractivity contribution in [2.24, 2.45) is 23.7 Å². The normalized spacial score (nSPS) is 27.3. The van der Waals surface area contributed by atoms with Crippen molar-refractivity contribution in [2.75, 3.05) is 13.7 Å². The average molecular weight is 454 g/mol. The molecule has 3 amide bonds. The number of imide groups is 3. The Kier molecular flexibility index (Phi) is 6.43. The first-order valence-corrected chi connectivity index (χ1v) is 11.5. The highest BCUT2D eigenvalue weighted by molar-refractivity contribution is 6.16. The van der Waals surface area contributed by atoms with Gasteiger partial charge in [0.25, 0.3) is 0 Å². The molecule has 2 fully saturated rings. The predicted molar refractivity (Wildman–Crippen MR) is 122 cm³/mol. The minimum absolute atomic E-state index is 0.129. The minimum Gasteiger partial charge on any atom is -0.507 e. The van der Waals surface area contributed by atoms with Gasteiger partial charge in [-0.3, -0.25) is 9.59 Å². The van der Waals surface area contributed by atoms with Gasteiger partial charge in [-0.05, 0) is 43.7 Å². The summed E-state index contributed by atoms with van der Waals surface area (Å²) in [7, 11) is 1.17. The standard InChI is InChI=1S/C26H31NO6/c1-14(2)17-12-18-23(25(30)27(24(18)29)26(31)32-4)19-13-33-21(22(17)19)10-9-15(3)11-16-7-5-6-8-20(16)28/h5-8,11,14,18-19,21,23,28H,9-10,12-13H2,1-4H3/b15-11+/t18-,19+,21-,23-/m1/s1. The number of para-hydroxylation sites is 1. The van der Waals surface area contributed by atoms with Gasteiger partial charge in [0, 0.05) is 11.5 Å². The highest BCUT2D eigenvalue weighted by Crippen LogP contribution is 2.51. The number of fused-ring (bicyclic) bond motifs is 3. The van der Waals surface area contributed by atoms with Crippen LogP contribution in [0.2, 0.25) is 0 Å². The fourth-order valence-electron chi connectivity index (χ4n) is 5.54. The van der Waals surface area contributed by atoms with Crippen LogP contribution in [0.15, 0.2) is 41.0 Å². The fraction of sp³-hybridized carbons (Fsp3) is 0.500. The molecule has 0 spiro atoms. The molecular formula is C26H31NO6. The number of allylic oxidation sites excluding steroid dienone is 2. The summed E-state index contributed by atoms with van der Waals surface area (Å²) < 4.78 is 10.9. The van der Waals surface area contributed by atoms with Gasteiger partial charge in [0.15, 0.2) is 0 Å². The fourth-order valence-corrected chi connectivity index (χ4v) is 5.54. The van der Waals surface area contributed by atoms with E-state index in [1.54, 1.807) is 12.1 Å². The molecule has 7 heteroatoms. The molecule has 176 valence electrons. The third-order valence-electron chi connectivity index (χ3n) is 7.14. The highest BCUT2D eigenvalue weighted by atomic mass is 16.5. The second-order valence-corrected chi connectivity index (χ2v) is 9.47. The maximum atomic E-state index is 13.1. The van der Waals surface area contributed by atoms with E-state index in [0.29, 0.717) is 17.9 Å². The molecule has 0 aromatic heterocycles. The van der Waals surface area contributed by atoms with Crippen LogP contribution < -0.4 is 0 Å². The topological polar surface area (TPSA) is 93.1 Å². The first kappa shape index (κ1) is 23.2. The lowest BCUT2D eigenvalue weighted by Crippen LogP contribution is -2.38. The number of nitrogens with zero attached hydrogens (tertiary/aromatic N) is 1. The Labute approximate surface area is 194 Å². The Morgan fingerprint density at radius 3 is 2.64 bits per heavy atom. The molecule has 0 unspecified atom stereocenters. The number of likely N-dealkylation sites (tertiary alicyclic amines) is 1. The molecule has 33 heavy (non-hydrogen) atoms. The number of aromatic hydroxyl groups is 1. The summed E-state index contributed by atoms with van der Waals surface area (Å²) in [5.41, 5.74) is 4.20. The summed E-state index contributed by atoms with van der Waals surface area (Å²) in [6, 6.07) is 7.22. The lowest BCUT2D eigenvalue weighted by Gasteiger charge is -2.33. The molecule has 4 atom stereocenters. The summed E-state index contributed by atoms with van der Waals surface area (Å²) in [5, 5.41) is 10.0. The van der Waals surface area contributed by atoms with E-state index in [2.05, 4.69) is 18.6 Å². The SMILES string of the molecule is COC(=O)N1C(=O)[C@@H]2[C@@H](CC(C(C)C)=C3[C@@H](CC/C(C)=C/c4ccccc4O)OC[C@@H]32)C1=O. The van der Waals surface area contributed by atoms with E-state index in [9.17, 15) is 19.5 Å². The van der Waals surface area contributed by atoms with E-state index < -0.39 is 29.7 Å². The Balaban J connectivity index is 1.57. The van der Waals surface area contributed by atoms with Crippen molar-refractivity contribution in [3.05, 3.63) is 46.5 Å². The van der Waals surface area contributed by atoms with Crippen molar-refractivity contribution < 1.29 is 29.0 Å². The van der Waals surface area contributed by atoms with Crippen LogP contribution in [0, 0.1) is 23.7 Å². The number of ether oxygens (including phenoxy) is 2. The number of rotatable bonds is 5. The van der Waals surface area contributed by atoms with E-state index in [4.69, 9.17) is 4.74 Å². The number of methoxy groups -OCH3 is 1. The van der Waals surface area contributed by atoms with Crippen molar-refractivity contribution in [3.63, 3.8) is 0 Å². The lowest BCUT2D eigenvalue weighted by atomic mass is 9.67. The zero-order valence-corrected chi connectivity index (χ0v) is 19.5. The molecule has 2 aliphatic heterocycles. The summed E-state index contributed by atoms with van der Waals surface area (Å²) in [5.74, 6) is -1.78. The number of benzene rings is 1. The highest BCUT2D eigenvalue weighted by Gasteiger charge is 2.59. The van der Waals surface area contributed by atoms with Crippen molar-refractivity contribution in [3.8, 4) is 5.75 Å². The maximum absolute atomic E-state index is 13.1. The Morgan fingerprint density at radius 2 is 1.97 bits per heavy atom. The van der Waals surface area contributed by atoms with Gasteiger partial charge in [-0.1, -0.05) is 49.3 Å². The zero-order chi connectivity index (χ0) is 23.9. The number of amides is 3. The van der Waals surface area contributed by atoms with Crippen LogP contribution in [0.3, 0.4) is 0 Å². The summed E-state index contributed by atoms with van der Waals surface area (Å²) in [6.07, 6.45) is 2.93. The van der Waals surface area contributed by atoms with E-state index in [0.717, 1.165) is 29.6 Å². The molecule has 1 aliphatic carbocycles. The number of phenols is 1. The van der Waals surface area contributed by atoms with Gasteiger partial charge < -0.3 is 14.6 Å². The second kappa shape index (κ2) is 9.14. The van der Waals surface area contributed by atoms with Crippen LogP contribution in [-0.4, -0.2) is 47.7 Å². The van der Waals surface area contributed by atoms with Gasteiger partial charge in [-0.2, -0.15) is 4.90 Å². The molecule has 3 aliphatic rings. The van der Waals surface area contributed by atoms with Crippen LogP contribution in [0.4, 0.5) is 4.79 Å². The molecule has 1 aromatic rings. The molecule has 1 N–H and O–H groups in total. The summed E-state index contributed by atoms with van der Waals surface area (Å²) >= 11 is 0. The Morgan fingerprint density at radius 1 is 1.24 bits per heavy atom. The summed E-state index contributed by atoms with van der Waals surface area (Å²) in [6.45, 7) is 6.59. The molecular weight excluding hydrogens is 422 g/mol. The van der Waals surface area contributed by atoms with Gasteiger partial charge in [0.2, 0.25) is 11.8 Å². The molecule has 0 radical (unpaired) electrons. The van der Waals surface area contributed by atoms with Gasteiger partial charge in [0.05, 0.1) is 31.7 Å². The third kappa shape index (κ3) is 4.10. The monoisotopic (exact) mass is 453 g/mol. The van der Waals surface area contributed by atoms with Gasteiger partial charge in [0.1, 0.15) is 5.75 Å². The number of carbonyl (C=O) groups excluding carboxylic acids is 3. The molecule has 2 saturated heterocycles. The average Bonchev–Trinajstić information content (AvgIpc) is 3.31. The molecule has 2 heterocycles. The van der Waals surface area contributed by atoms with E-state index in [1.807, 2.05) is 25.1 Å². The number of carbonyl (C=O) groups is 3. The molecule has 0 saturated carbocycles. The number of phenolic OH excluding ortho intramolecular Hbond substituents is 1. The van der Waals surface area contributed by atoms with E-state index >= 15 is 0 Å². The van der Waals surface area contributed by atoms with Crippen LogP contribution in [-0.2, 0) is 19.1 Å². The largest absolute Gasteiger partial charge is 0.507 e. The molecule has 4 rings (SSSR count). The second-order valence-electron chi connectivity index (χ2n) is 9.47. The quantitative estimate of drug-likeness (QED) is 0.527. The van der Waals surface area contributed by atoms with Crippen molar-refractivity contribution in [1.29, 1.82) is 0 Å². The Bertz CT molecular complexity index is 1040. The minimum atomic E-state index is -0.910. The van der Waals surface area contributed by atoms with Crippen molar-refractivity contribution in [1.82, 2.24) is 4.90 Å². The van der Waals surface area contributed by atoms with E-state index in [1.165, 1.54) is 12.7 Å². The van der Waals surface area contributed by atoms with Crippen LogP contribution in [0.25, 0.3) is 6.08 Å². The first-order valence-electron chi connectivity index (χ1n) is 11.5. The van der Waals surface area contributed by atoms with Crippen LogP contribution in [0.5, 0.6) is 5.75 Å². The third-order valence-corrected chi connectivity index (χ3v) is 7.14. The van der Waals surface area contributed by atoms with Gasteiger partial charge >= 0.3 is 6.09 Å². The molecule has 7 nitrogen and oxygen atoms in total. The zero-order valence-electron chi connectivity index (χ0n) is 19.5. The van der Waals surface area contributed by atoms with E-state index in [-0.39, 0.29) is 23.7 Å². The number of hydrogen-bond acceptors (Lipinski definition) is 6. The van der Waals surface area contributed by atoms with Crippen LogP contribution >= 0.6 is 0 Å².